The normalized spacial score (nSPS) is 10.4. The highest BCUT2D eigenvalue weighted by molar-refractivity contribution is 8.01. The van der Waals surface area contributed by atoms with Crippen LogP contribution in [0.1, 0.15) is 31.7 Å². The molecule has 2 rings (SSSR count). The Balaban J connectivity index is 2.31. The summed E-state index contributed by atoms with van der Waals surface area (Å²) >= 11 is 2.25. The molecule has 0 bridgehead atoms. The van der Waals surface area contributed by atoms with E-state index in [0.29, 0.717) is 20.8 Å². The molecule has 1 N–H and O–H groups in total. The number of ether oxygens (including phenoxy) is 1. The van der Waals surface area contributed by atoms with Gasteiger partial charge in [-0.2, -0.15) is 0 Å². The van der Waals surface area contributed by atoms with E-state index in [1.807, 2.05) is 0 Å². The van der Waals surface area contributed by atoms with E-state index in [-0.39, 0.29) is 10.7 Å². The number of carboxylic acids is 1. The first kappa shape index (κ1) is 15.4. The first-order chi connectivity index (χ1) is 9.90. The van der Waals surface area contributed by atoms with Crippen LogP contribution in [0.3, 0.4) is 0 Å². The van der Waals surface area contributed by atoms with Crippen LogP contribution < -0.4 is 0 Å². The summed E-state index contributed by atoms with van der Waals surface area (Å²) in [6.07, 6.45) is 0. The van der Waals surface area contributed by atoms with Gasteiger partial charge in [-0.15, -0.1) is 0 Å². The van der Waals surface area contributed by atoms with Gasteiger partial charge < -0.3 is 9.84 Å². The molecule has 0 aliphatic heterocycles. The molecule has 0 spiro atoms. The standard InChI is InChI=1S/C12H11N3O4S2/c1-5-4-7(15-9(13-5)11(18)19-3)20-12-14-6(2)8(21-12)10(16)17/h4H,1-3H3,(H,16,17). The third kappa shape index (κ3) is 3.56. The van der Waals surface area contributed by atoms with Crippen LogP contribution in [-0.2, 0) is 4.74 Å². The summed E-state index contributed by atoms with van der Waals surface area (Å²) in [5.41, 5.74) is 1.06. The highest BCUT2D eigenvalue weighted by atomic mass is 32.2. The van der Waals surface area contributed by atoms with Crippen molar-refractivity contribution in [2.75, 3.05) is 7.11 Å². The summed E-state index contributed by atoms with van der Waals surface area (Å²) in [5.74, 6) is -1.67. The van der Waals surface area contributed by atoms with Gasteiger partial charge in [0, 0.05) is 5.69 Å². The van der Waals surface area contributed by atoms with Gasteiger partial charge in [-0.1, -0.05) is 11.3 Å². The number of esters is 1. The summed E-state index contributed by atoms with van der Waals surface area (Å²) in [6, 6.07) is 1.69. The van der Waals surface area contributed by atoms with Crippen LogP contribution >= 0.6 is 23.1 Å². The number of rotatable bonds is 4. The number of carbonyl (C=O) groups is 2. The molecule has 7 nitrogen and oxygen atoms in total. The van der Waals surface area contributed by atoms with E-state index < -0.39 is 11.9 Å². The minimum absolute atomic E-state index is 0.0354. The van der Waals surface area contributed by atoms with Crippen LogP contribution in [0.5, 0.6) is 0 Å². The summed E-state index contributed by atoms with van der Waals surface area (Å²) in [5, 5.41) is 9.52. The second-order valence-corrected chi connectivity index (χ2v) is 6.23. The van der Waals surface area contributed by atoms with Crippen molar-refractivity contribution in [1.82, 2.24) is 15.0 Å². The van der Waals surface area contributed by atoms with Gasteiger partial charge in [0.05, 0.1) is 12.8 Å². The molecule has 0 saturated carbocycles. The lowest BCUT2D eigenvalue weighted by Gasteiger charge is -2.02. The minimum Gasteiger partial charge on any atom is -0.477 e. The molecule has 0 aromatic carbocycles. The average molecular weight is 325 g/mol. The van der Waals surface area contributed by atoms with E-state index >= 15 is 0 Å². The molecule has 110 valence electrons. The van der Waals surface area contributed by atoms with Gasteiger partial charge in [-0.25, -0.2) is 24.5 Å². The Morgan fingerprint density at radius 1 is 1.29 bits per heavy atom. The Morgan fingerprint density at radius 2 is 2.00 bits per heavy atom. The third-order valence-electron chi connectivity index (χ3n) is 2.36. The van der Waals surface area contributed by atoms with Gasteiger partial charge >= 0.3 is 11.9 Å². The quantitative estimate of drug-likeness (QED) is 0.674. The van der Waals surface area contributed by atoms with Crippen molar-refractivity contribution in [3.63, 3.8) is 0 Å². The third-order valence-corrected chi connectivity index (χ3v) is 4.49. The Morgan fingerprint density at radius 3 is 2.57 bits per heavy atom. The number of carboxylic acid groups (broad SMARTS) is 1. The van der Waals surface area contributed by atoms with Gasteiger partial charge in [0.25, 0.3) is 0 Å². The first-order valence-corrected chi connectivity index (χ1v) is 7.36. The number of hydrogen-bond donors (Lipinski definition) is 1. The number of aromatic nitrogens is 3. The first-order valence-electron chi connectivity index (χ1n) is 5.73. The molecule has 0 radical (unpaired) electrons. The maximum Gasteiger partial charge on any atom is 0.376 e. The molecule has 0 unspecified atom stereocenters. The number of thiazole rings is 1. The lowest BCUT2D eigenvalue weighted by Crippen LogP contribution is -2.08. The van der Waals surface area contributed by atoms with E-state index in [1.54, 1.807) is 19.9 Å². The van der Waals surface area contributed by atoms with Crippen molar-refractivity contribution in [2.24, 2.45) is 0 Å². The van der Waals surface area contributed by atoms with Gasteiger partial charge in [-0.3, -0.25) is 0 Å². The van der Waals surface area contributed by atoms with Crippen molar-refractivity contribution in [3.8, 4) is 0 Å². The molecule has 9 heteroatoms. The topological polar surface area (TPSA) is 102 Å². The molecule has 0 aliphatic carbocycles. The molecule has 0 amide bonds. The fourth-order valence-corrected chi connectivity index (χ4v) is 3.51. The molecular formula is C12H11N3O4S2. The van der Waals surface area contributed by atoms with Gasteiger partial charge in [0.1, 0.15) is 9.90 Å². The number of hydrogen-bond acceptors (Lipinski definition) is 8. The highest BCUT2D eigenvalue weighted by Gasteiger charge is 2.17. The number of methoxy groups -OCH3 is 1. The van der Waals surface area contributed by atoms with Crippen LogP contribution in [0.25, 0.3) is 0 Å². The van der Waals surface area contributed by atoms with Crippen molar-refractivity contribution >= 4 is 35.0 Å². The summed E-state index contributed by atoms with van der Waals surface area (Å²) < 4.78 is 5.13. The van der Waals surface area contributed by atoms with E-state index in [2.05, 4.69) is 19.7 Å². The monoisotopic (exact) mass is 325 g/mol. The van der Waals surface area contributed by atoms with Gasteiger partial charge in [-0.05, 0) is 31.7 Å². The van der Waals surface area contributed by atoms with Crippen molar-refractivity contribution < 1.29 is 19.4 Å². The Labute approximate surface area is 128 Å². The number of aromatic carboxylic acids is 1. The lowest BCUT2D eigenvalue weighted by molar-refractivity contribution is 0.0584. The lowest BCUT2D eigenvalue weighted by atomic mass is 10.4. The zero-order valence-electron chi connectivity index (χ0n) is 11.4. The Bertz CT molecular complexity index is 715. The van der Waals surface area contributed by atoms with Crippen LogP contribution in [0.4, 0.5) is 0 Å². The number of carbonyl (C=O) groups excluding carboxylic acids is 1. The fourth-order valence-electron chi connectivity index (χ4n) is 1.48. The predicted molar refractivity (Wildman–Crippen MR) is 76.0 cm³/mol. The van der Waals surface area contributed by atoms with Crippen LogP contribution in [-0.4, -0.2) is 39.1 Å². The highest BCUT2D eigenvalue weighted by Crippen LogP contribution is 2.32. The van der Waals surface area contributed by atoms with Crippen LogP contribution in [0.2, 0.25) is 0 Å². The van der Waals surface area contributed by atoms with Gasteiger partial charge in [0.15, 0.2) is 4.34 Å². The van der Waals surface area contributed by atoms with Crippen LogP contribution in [0.15, 0.2) is 15.4 Å². The molecule has 0 fully saturated rings. The molecule has 2 aromatic heterocycles. The molecule has 0 saturated heterocycles. The molecule has 0 atom stereocenters. The molecule has 2 heterocycles. The summed E-state index contributed by atoms with van der Waals surface area (Å²) in [6.45, 7) is 3.36. The zero-order valence-corrected chi connectivity index (χ0v) is 13.0. The molecule has 21 heavy (non-hydrogen) atoms. The fraction of sp³-hybridized carbons (Fsp3) is 0.250. The van der Waals surface area contributed by atoms with Gasteiger partial charge in [0.2, 0.25) is 5.82 Å². The second kappa shape index (κ2) is 6.19. The molecular weight excluding hydrogens is 314 g/mol. The maximum absolute atomic E-state index is 11.5. The SMILES string of the molecule is COC(=O)c1nc(C)cc(Sc2nc(C)c(C(=O)O)s2)n1. The summed E-state index contributed by atoms with van der Waals surface area (Å²) in [4.78, 5) is 34.9. The molecule has 0 aliphatic rings. The largest absolute Gasteiger partial charge is 0.477 e. The van der Waals surface area contributed by atoms with Crippen molar-refractivity contribution in [2.45, 2.75) is 23.2 Å². The Hall–Kier alpha value is -2.00. The second-order valence-electron chi connectivity index (χ2n) is 3.96. The summed E-state index contributed by atoms with van der Waals surface area (Å²) in [7, 11) is 1.25. The maximum atomic E-state index is 11.5. The van der Waals surface area contributed by atoms with Crippen LogP contribution in [0, 0.1) is 13.8 Å². The van der Waals surface area contributed by atoms with E-state index in [0.717, 1.165) is 11.3 Å². The number of nitrogens with zero attached hydrogens (tertiary/aromatic N) is 3. The van der Waals surface area contributed by atoms with E-state index in [1.165, 1.54) is 18.9 Å². The molecule has 2 aromatic rings. The smallest absolute Gasteiger partial charge is 0.376 e. The van der Waals surface area contributed by atoms with E-state index in [4.69, 9.17) is 5.11 Å². The van der Waals surface area contributed by atoms with Crippen molar-refractivity contribution in [3.05, 3.63) is 28.2 Å². The van der Waals surface area contributed by atoms with E-state index in [9.17, 15) is 9.59 Å². The average Bonchev–Trinajstić information content (AvgIpc) is 2.78. The Kier molecular flexibility index (Phi) is 4.53. The predicted octanol–water partition coefficient (Wildman–Crippen LogP) is 2.19. The minimum atomic E-state index is -1.01. The van der Waals surface area contributed by atoms with Crippen molar-refractivity contribution in [1.29, 1.82) is 0 Å². The number of aryl methyl sites for hydroxylation is 2. The zero-order chi connectivity index (χ0) is 15.6.